The monoisotopic (exact) mass is 126 g/mol. The fourth-order valence-corrected chi connectivity index (χ4v) is 0. The van der Waals surface area contributed by atoms with Crippen LogP contribution in [0.1, 0.15) is 6.92 Å². The van der Waals surface area contributed by atoms with Gasteiger partial charge in [-0.1, -0.05) is 0 Å². The van der Waals surface area contributed by atoms with Crippen LogP contribution in [-0.4, -0.2) is 19.6 Å². The van der Waals surface area contributed by atoms with Gasteiger partial charge in [0.2, 0.25) is 0 Å². The molecule has 0 aliphatic heterocycles. The van der Waals surface area contributed by atoms with Gasteiger partial charge >= 0.3 is 0 Å². The number of halogens is 4. The maximum absolute atomic E-state index is 11.4. The van der Waals surface area contributed by atoms with Gasteiger partial charge in [-0.2, -0.15) is 0 Å². The van der Waals surface area contributed by atoms with Gasteiger partial charge in [0.1, 0.15) is 0 Å². The Kier molecular flexibility index (Phi) is 1.59. The fraction of sp³-hybridized carbons (Fsp3) is 1.00. The van der Waals surface area contributed by atoms with Gasteiger partial charge in [0, 0.05) is 6.92 Å². The molecule has 0 unspecified atom stereocenters. The quantitative estimate of drug-likeness (QED) is 0.368. The summed E-state index contributed by atoms with van der Waals surface area (Å²) in [6.07, 6.45) is 0. The maximum atomic E-state index is 11.4. The van der Waals surface area contributed by atoms with E-state index in [0.29, 0.717) is 0 Å². The van der Waals surface area contributed by atoms with Crippen molar-refractivity contribution < 1.29 is 17.6 Å². The minimum absolute atomic E-state index is 0.0625. The molecular weight excluding hydrogens is 123 g/mol. The first kappa shape index (κ1) is 7.78. The van der Waals surface area contributed by atoms with E-state index < -0.39 is 11.7 Å². The highest BCUT2D eigenvalue weighted by atomic mass is 19.3. The highest BCUT2D eigenvalue weighted by Crippen LogP contribution is 2.29. The van der Waals surface area contributed by atoms with Crippen molar-refractivity contribution in [3.63, 3.8) is 0 Å². The summed E-state index contributed by atoms with van der Waals surface area (Å²) in [4.78, 5) is 0. The molecule has 2 radical (unpaired) electrons. The molecule has 0 amide bonds. The molecular formula is C3H3BF4. The summed E-state index contributed by atoms with van der Waals surface area (Å²) in [5.74, 6) is -8.51. The molecule has 46 valence electrons. The Labute approximate surface area is 45.3 Å². The standard InChI is InChI=1S/C3H3BF4/c1-2(5,6)3(4,7)8/h1H3. The van der Waals surface area contributed by atoms with Crippen LogP contribution in [-0.2, 0) is 0 Å². The minimum atomic E-state index is -4.40. The second-order valence-electron chi connectivity index (χ2n) is 1.51. The van der Waals surface area contributed by atoms with E-state index in [4.69, 9.17) is 0 Å². The molecule has 0 atom stereocenters. The lowest BCUT2D eigenvalue weighted by Crippen LogP contribution is -2.37. The van der Waals surface area contributed by atoms with Crippen molar-refractivity contribution >= 4 is 7.85 Å². The second-order valence-corrected chi connectivity index (χ2v) is 1.51. The van der Waals surface area contributed by atoms with Crippen LogP contribution in [0, 0.1) is 0 Å². The van der Waals surface area contributed by atoms with Gasteiger partial charge in [0.25, 0.3) is 11.7 Å². The Hall–Kier alpha value is -0.215. The summed E-state index contributed by atoms with van der Waals surface area (Å²) < 4.78 is 45.2. The molecule has 0 saturated heterocycles. The van der Waals surface area contributed by atoms with Crippen LogP contribution < -0.4 is 0 Å². The molecule has 0 saturated carbocycles. The summed E-state index contributed by atoms with van der Waals surface area (Å²) >= 11 is 0. The molecule has 0 fully saturated rings. The van der Waals surface area contributed by atoms with Crippen molar-refractivity contribution in [2.24, 2.45) is 0 Å². The van der Waals surface area contributed by atoms with Crippen molar-refractivity contribution in [1.82, 2.24) is 0 Å². The minimum Gasteiger partial charge on any atom is -0.213 e. The van der Waals surface area contributed by atoms with E-state index in [1.807, 2.05) is 0 Å². The zero-order valence-corrected chi connectivity index (χ0v) is 4.09. The first-order valence-electron chi connectivity index (χ1n) is 1.79. The van der Waals surface area contributed by atoms with Crippen molar-refractivity contribution in [3.8, 4) is 0 Å². The molecule has 5 heteroatoms. The lowest BCUT2D eigenvalue weighted by atomic mass is 9.93. The van der Waals surface area contributed by atoms with Crippen LogP contribution in [0.5, 0.6) is 0 Å². The smallest absolute Gasteiger partial charge is 0.213 e. The van der Waals surface area contributed by atoms with Gasteiger partial charge < -0.3 is 0 Å². The predicted molar refractivity (Wildman–Crippen MR) is 21.3 cm³/mol. The van der Waals surface area contributed by atoms with Crippen LogP contribution in [0.15, 0.2) is 0 Å². The molecule has 0 nitrogen and oxygen atoms in total. The number of alkyl halides is 4. The zero-order valence-electron chi connectivity index (χ0n) is 4.09. The van der Waals surface area contributed by atoms with Crippen molar-refractivity contribution in [2.45, 2.75) is 18.7 Å². The van der Waals surface area contributed by atoms with Crippen molar-refractivity contribution in [2.75, 3.05) is 0 Å². The van der Waals surface area contributed by atoms with Crippen molar-refractivity contribution in [1.29, 1.82) is 0 Å². The van der Waals surface area contributed by atoms with Gasteiger partial charge in [-0.05, 0) is 0 Å². The second kappa shape index (κ2) is 1.63. The Bertz CT molecular complexity index is 66.3. The van der Waals surface area contributed by atoms with Crippen molar-refractivity contribution in [3.05, 3.63) is 0 Å². The Balaban J connectivity index is 4.02. The van der Waals surface area contributed by atoms with E-state index in [1.165, 1.54) is 0 Å². The van der Waals surface area contributed by atoms with Crippen LogP contribution in [0.3, 0.4) is 0 Å². The first-order valence-corrected chi connectivity index (χ1v) is 1.79. The lowest BCUT2D eigenvalue weighted by molar-refractivity contribution is -0.144. The summed E-state index contributed by atoms with van der Waals surface area (Å²) in [6.45, 7) is 0.0625. The Morgan fingerprint density at radius 1 is 1.12 bits per heavy atom. The molecule has 0 bridgehead atoms. The van der Waals surface area contributed by atoms with Crippen LogP contribution in [0.4, 0.5) is 17.6 Å². The van der Waals surface area contributed by atoms with Crippen LogP contribution in [0.2, 0.25) is 0 Å². The van der Waals surface area contributed by atoms with Crippen LogP contribution >= 0.6 is 0 Å². The molecule has 0 aromatic carbocycles. The third-order valence-electron chi connectivity index (χ3n) is 0.585. The molecule has 0 aliphatic rings. The molecule has 0 heterocycles. The Morgan fingerprint density at radius 3 is 1.25 bits per heavy atom. The molecule has 0 aromatic heterocycles. The average molecular weight is 126 g/mol. The van der Waals surface area contributed by atoms with E-state index in [0.717, 1.165) is 0 Å². The molecule has 0 rings (SSSR count). The Morgan fingerprint density at radius 2 is 1.25 bits per heavy atom. The van der Waals surface area contributed by atoms with E-state index >= 15 is 0 Å². The summed E-state index contributed by atoms with van der Waals surface area (Å²) in [5, 5.41) is 0. The number of hydrogen-bond acceptors (Lipinski definition) is 0. The SMILES string of the molecule is [B]C(F)(F)C(C)(F)F. The zero-order chi connectivity index (χ0) is 7.00. The molecule has 0 aromatic rings. The highest BCUT2D eigenvalue weighted by molar-refractivity contribution is 6.13. The normalized spacial score (nSPS) is 14.1. The molecule has 0 aliphatic carbocycles. The molecule has 0 spiro atoms. The largest absolute Gasteiger partial charge is 0.297 e. The molecule has 0 N–H and O–H groups in total. The third-order valence-corrected chi connectivity index (χ3v) is 0.585. The maximum Gasteiger partial charge on any atom is 0.297 e. The topological polar surface area (TPSA) is 0 Å². The highest BCUT2D eigenvalue weighted by Gasteiger charge is 2.46. The number of rotatable bonds is 1. The predicted octanol–water partition coefficient (Wildman–Crippen LogP) is 1.40. The van der Waals surface area contributed by atoms with Gasteiger partial charge in [0.15, 0.2) is 7.85 Å². The van der Waals surface area contributed by atoms with Gasteiger partial charge in [-0.15, -0.1) is 0 Å². The van der Waals surface area contributed by atoms with E-state index in [-0.39, 0.29) is 6.92 Å². The van der Waals surface area contributed by atoms with Gasteiger partial charge in [0.05, 0.1) is 0 Å². The van der Waals surface area contributed by atoms with Crippen LogP contribution in [0.25, 0.3) is 0 Å². The lowest BCUT2D eigenvalue weighted by Gasteiger charge is -2.18. The number of hydrogen-bond donors (Lipinski definition) is 0. The summed E-state index contributed by atoms with van der Waals surface area (Å²) in [6, 6.07) is 0. The average Bonchev–Trinajstić information content (AvgIpc) is 1.25. The summed E-state index contributed by atoms with van der Waals surface area (Å²) in [7, 11) is 3.73. The van der Waals surface area contributed by atoms with Gasteiger partial charge in [-0.3, -0.25) is 0 Å². The van der Waals surface area contributed by atoms with E-state index in [9.17, 15) is 17.6 Å². The fourth-order valence-electron chi connectivity index (χ4n) is 0. The summed E-state index contributed by atoms with van der Waals surface area (Å²) in [5.41, 5.74) is 0. The first-order chi connectivity index (χ1) is 3.25. The molecule has 8 heavy (non-hydrogen) atoms. The van der Waals surface area contributed by atoms with E-state index in [2.05, 4.69) is 7.85 Å². The van der Waals surface area contributed by atoms with Gasteiger partial charge in [-0.25, -0.2) is 17.6 Å². The third kappa shape index (κ3) is 1.72. The van der Waals surface area contributed by atoms with E-state index in [1.54, 1.807) is 0 Å².